The molecule has 2 heterocycles. The zero-order valence-electron chi connectivity index (χ0n) is 14.3. The Kier molecular flexibility index (Phi) is 4.24. The van der Waals surface area contributed by atoms with E-state index >= 15 is 0 Å². The largest absolute Gasteiger partial charge is 0.309 e. The molecule has 1 atom stereocenters. The molecule has 1 unspecified atom stereocenters. The van der Waals surface area contributed by atoms with Crippen LogP contribution in [0.3, 0.4) is 0 Å². The van der Waals surface area contributed by atoms with Gasteiger partial charge in [0.2, 0.25) is 5.91 Å². The highest BCUT2D eigenvalue weighted by molar-refractivity contribution is 5.98. The van der Waals surface area contributed by atoms with Gasteiger partial charge in [0.05, 0.1) is 5.69 Å². The third-order valence-corrected chi connectivity index (χ3v) is 4.31. The Balaban J connectivity index is 2.03. The molecule has 0 radical (unpaired) electrons. The highest BCUT2D eigenvalue weighted by atomic mass is 16.2. The molecule has 122 valence electrons. The van der Waals surface area contributed by atoms with Crippen LogP contribution < -0.4 is 5.32 Å². The van der Waals surface area contributed by atoms with Crippen LogP contribution in [0.5, 0.6) is 0 Å². The molecule has 1 aliphatic rings. The fraction of sp³-hybridized carbons (Fsp3) is 0.474. The molecule has 0 bridgehead atoms. The monoisotopic (exact) mass is 311 g/mol. The predicted octanol–water partition coefficient (Wildman–Crippen LogP) is 4.14. The van der Waals surface area contributed by atoms with Gasteiger partial charge >= 0.3 is 0 Å². The lowest BCUT2D eigenvalue weighted by Gasteiger charge is -2.15. The van der Waals surface area contributed by atoms with Crippen LogP contribution in [0.2, 0.25) is 0 Å². The molecule has 1 N–H and O–H groups in total. The first-order valence-electron chi connectivity index (χ1n) is 8.43. The van der Waals surface area contributed by atoms with E-state index in [2.05, 4.69) is 49.7 Å². The molecule has 1 aromatic heterocycles. The lowest BCUT2D eigenvalue weighted by molar-refractivity contribution is -0.118. The van der Waals surface area contributed by atoms with Gasteiger partial charge in [0.25, 0.3) is 0 Å². The summed E-state index contributed by atoms with van der Waals surface area (Å²) < 4.78 is 2.14. The van der Waals surface area contributed by atoms with Gasteiger partial charge < -0.3 is 9.88 Å². The molecule has 2 aromatic rings. The van der Waals surface area contributed by atoms with Crippen LogP contribution in [0.4, 0.5) is 5.82 Å². The van der Waals surface area contributed by atoms with Gasteiger partial charge in [0.15, 0.2) is 0 Å². The summed E-state index contributed by atoms with van der Waals surface area (Å²) in [6.07, 6.45) is 1.60. The van der Waals surface area contributed by atoms with E-state index in [4.69, 9.17) is 4.98 Å². The zero-order chi connectivity index (χ0) is 16.6. The summed E-state index contributed by atoms with van der Waals surface area (Å²) in [5, 5.41) is 3.07. The van der Waals surface area contributed by atoms with Crippen LogP contribution in [-0.4, -0.2) is 15.5 Å². The van der Waals surface area contributed by atoms with E-state index in [-0.39, 0.29) is 11.9 Å². The van der Waals surface area contributed by atoms with Crippen molar-refractivity contribution < 1.29 is 4.79 Å². The number of imidazole rings is 1. The Morgan fingerprint density at radius 3 is 2.48 bits per heavy atom. The van der Waals surface area contributed by atoms with E-state index in [9.17, 15) is 4.79 Å². The fourth-order valence-electron chi connectivity index (χ4n) is 3.24. The molecule has 1 aromatic carbocycles. The van der Waals surface area contributed by atoms with Crippen LogP contribution in [0.25, 0.3) is 0 Å². The average Bonchev–Trinajstić information content (AvgIpc) is 2.98. The standard InChI is InChI=1S/C19H25N3O/c1-12(2)10-15-19(23)21-18-17(13(3)4)20-16(22(15)18)11-14-8-6-5-7-9-14/h5-9,12-13,15H,10-11H2,1-4H3,(H,21,23). The number of benzene rings is 1. The summed E-state index contributed by atoms with van der Waals surface area (Å²) in [5.41, 5.74) is 2.22. The number of hydrogen-bond acceptors (Lipinski definition) is 2. The molecule has 3 rings (SSSR count). The number of hydrogen-bond donors (Lipinski definition) is 1. The first-order valence-corrected chi connectivity index (χ1v) is 8.43. The number of aromatic nitrogens is 2. The van der Waals surface area contributed by atoms with Crippen molar-refractivity contribution in [2.75, 3.05) is 5.32 Å². The second-order valence-electron chi connectivity index (χ2n) is 7.08. The highest BCUT2D eigenvalue weighted by Crippen LogP contribution is 2.37. The first-order chi connectivity index (χ1) is 11.0. The zero-order valence-corrected chi connectivity index (χ0v) is 14.3. The molecule has 1 amide bonds. The van der Waals surface area contributed by atoms with Crippen molar-refractivity contribution in [3.05, 3.63) is 47.4 Å². The lowest BCUT2D eigenvalue weighted by Crippen LogP contribution is -2.19. The van der Waals surface area contributed by atoms with Gasteiger partial charge in [0.1, 0.15) is 17.7 Å². The van der Waals surface area contributed by atoms with Gasteiger partial charge in [0, 0.05) is 6.42 Å². The number of carbonyl (C=O) groups is 1. The van der Waals surface area contributed by atoms with Crippen LogP contribution in [-0.2, 0) is 11.2 Å². The van der Waals surface area contributed by atoms with Crippen LogP contribution in [0, 0.1) is 5.92 Å². The van der Waals surface area contributed by atoms with Gasteiger partial charge in [-0.05, 0) is 23.8 Å². The van der Waals surface area contributed by atoms with Gasteiger partial charge in [-0.2, -0.15) is 0 Å². The van der Waals surface area contributed by atoms with E-state index in [0.29, 0.717) is 11.8 Å². The van der Waals surface area contributed by atoms with Gasteiger partial charge in [-0.1, -0.05) is 58.0 Å². The Hall–Kier alpha value is -2.10. The molecular weight excluding hydrogens is 286 g/mol. The van der Waals surface area contributed by atoms with Crippen LogP contribution in [0.15, 0.2) is 30.3 Å². The number of fused-ring (bicyclic) bond motifs is 1. The SMILES string of the molecule is CC(C)CC1C(=O)Nc2c(C(C)C)nc(Cc3ccccc3)n21. The van der Waals surface area contributed by atoms with Crippen molar-refractivity contribution in [2.24, 2.45) is 5.92 Å². The van der Waals surface area contributed by atoms with E-state index in [1.54, 1.807) is 0 Å². The van der Waals surface area contributed by atoms with E-state index < -0.39 is 0 Å². The summed E-state index contributed by atoms with van der Waals surface area (Å²) >= 11 is 0. The molecule has 0 saturated heterocycles. The van der Waals surface area contributed by atoms with E-state index in [0.717, 1.165) is 30.2 Å². The average molecular weight is 311 g/mol. The molecule has 0 aliphatic carbocycles. The van der Waals surface area contributed by atoms with E-state index in [1.165, 1.54) is 5.56 Å². The Labute approximate surface area is 137 Å². The maximum Gasteiger partial charge on any atom is 0.248 e. The third kappa shape index (κ3) is 3.03. The Morgan fingerprint density at radius 2 is 1.87 bits per heavy atom. The van der Waals surface area contributed by atoms with Crippen molar-refractivity contribution in [3.63, 3.8) is 0 Å². The minimum atomic E-state index is -0.135. The predicted molar refractivity (Wildman–Crippen MR) is 92.7 cm³/mol. The lowest BCUT2D eigenvalue weighted by atomic mass is 10.0. The number of anilines is 1. The van der Waals surface area contributed by atoms with Crippen LogP contribution >= 0.6 is 0 Å². The van der Waals surface area contributed by atoms with Crippen molar-refractivity contribution in [1.29, 1.82) is 0 Å². The van der Waals surface area contributed by atoms with E-state index in [1.807, 2.05) is 18.2 Å². The molecular formula is C19H25N3O. The summed E-state index contributed by atoms with van der Waals surface area (Å²) in [7, 11) is 0. The van der Waals surface area contributed by atoms with Crippen molar-refractivity contribution in [3.8, 4) is 0 Å². The molecule has 4 nitrogen and oxygen atoms in total. The van der Waals surface area contributed by atoms with Gasteiger partial charge in [-0.15, -0.1) is 0 Å². The maximum absolute atomic E-state index is 12.4. The number of nitrogens with one attached hydrogen (secondary N) is 1. The Bertz CT molecular complexity index is 701. The second-order valence-corrected chi connectivity index (χ2v) is 7.08. The minimum Gasteiger partial charge on any atom is -0.309 e. The van der Waals surface area contributed by atoms with Crippen molar-refractivity contribution in [2.45, 2.75) is 52.5 Å². The van der Waals surface area contributed by atoms with Crippen LogP contribution in [0.1, 0.15) is 63.2 Å². The molecule has 0 saturated carbocycles. The third-order valence-electron chi connectivity index (χ3n) is 4.31. The smallest absolute Gasteiger partial charge is 0.248 e. The second kappa shape index (κ2) is 6.19. The molecule has 0 fully saturated rings. The van der Waals surface area contributed by atoms with Crippen molar-refractivity contribution >= 4 is 11.7 Å². The number of nitrogens with zero attached hydrogens (tertiary/aromatic N) is 2. The minimum absolute atomic E-state index is 0.104. The summed E-state index contributed by atoms with van der Waals surface area (Å²) in [4.78, 5) is 17.3. The number of rotatable bonds is 5. The quantitative estimate of drug-likeness (QED) is 0.902. The summed E-state index contributed by atoms with van der Waals surface area (Å²) in [6.45, 7) is 8.56. The number of amides is 1. The maximum atomic E-state index is 12.4. The molecule has 1 aliphatic heterocycles. The first kappa shape index (κ1) is 15.8. The molecule has 0 spiro atoms. The Morgan fingerprint density at radius 1 is 1.17 bits per heavy atom. The normalized spacial score (nSPS) is 17.0. The number of carbonyl (C=O) groups excluding carboxylic acids is 1. The summed E-state index contributed by atoms with van der Waals surface area (Å²) in [6, 6.07) is 10.2. The molecule has 23 heavy (non-hydrogen) atoms. The summed E-state index contributed by atoms with van der Waals surface area (Å²) in [5.74, 6) is 2.75. The highest BCUT2D eigenvalue weighted by Gasteiger charge is 2.36. The van der Waals surface area contributed by atoms with Crippen molar-refractivity contribution in [1.82, 2.24) is 9.55 Å². The topological polar surface area (TPSA) is 46.9 Å². The van der Waals surface area contributed by atoms with Gasteiger partial charge in [-0.3, -0.25) is 4.79 Å². The van der Waals surface area contributed by atoms with Gasteiger partial charge in [-0.25, -0.2) is 4.98 Å². The fourth-order valence-corrected chi connectivity index (χ4v) is 3.24. The molecule has 4 heteroatoms.